The Kier molecular flexibility index (Phi) is 4.94. The minimum absolute atomic E-state index is 0.312. The fourth-order valence-corrected chi connectivity index (χ4v) is 3.79. The predicted octanol–water partition coefficient (Wildman–Crippen LogP) is 3.18. The van der Waals surface area contributed by atoms with Crippen molar-refractivity contribution >= 4 is 12.0 Å². The number of hydrogen-bond acceptors (Lipinski definition) is 2. The quantitative estimate of drug-likeness (QED) is 0.852. The molecular weight excluding hydrogens is 272 g/mol. The van der Waals surface area contributed by atoms with E-state index in [2.05, 4.69) is 46.2 Å². The summed E-state index contributed by atoms with van der Waals surface area (Å²) >= 11 is 0. The van der Waals surface area contributed by atoms with Gasteiger partial charge >= 0.3 is 0 Å². The molecule has 0 N–H and O–H groups in total. The third-order valence-electron chi connectivity index (χ3n) is 5.02. The summed E-state index contributed by atoms with van der Waals surface area (Å²) in [5.41, 5.74) is 1.26. The van der Waals surface area contributed by atoms with Crippen molar-refractivity contribution in [1.82, 2.24) is 9.80 Å². The van der Waals surface area contributed by atoms with Crippen LogP contribution in [0.5, 0.6) is 0 Å². The molecule has 1 aromatic rings. The van der Waals surface area contributed by atoms with E-state index in [-0.39, 0.29) is 0 Å². The minimum Gasteiger partial charge on any atom is -0.341 e. The number of fused-ring (bicyclic) bond motifs is 2. The summed E-state index contributed by atoms with van der Waals surface area (Å²) in [5, 5.41) is 0. The van der Waals surface area contributed by atoms with Gasteiger partial charge in [-0.05, 0) is 24.8 Å². The molecule has 2 aliphatic rings. The van der Waals surface area contributed by atoms with Crippen LogP contribution in [0.25, 0.3) is 6.08 Å². The van der Waals surface area contributed by atoms with Crippen molar-refractivity contribution in [3.8, 4) is 0 Å². The van der Waals surface area contributed by atoms with Gasteiger partial charge < -0.3 is 4.90 Å². The van der Waals surface area contributed by atoms with Crippen LogP contribution in [0.1, 0.15) is 38.2 Å². The highest BCUT2D eigenvalue weighted by Gasteiger charge is 2.37. The highest BCUT2D eigenvalue weighted by atomic mass is 16.2. The van der Waals surface area contributed by atoms with E-state index < -0.39 is 0 Å². The molecule has 118 valence electrons. The Labute approximate surface area is 133 Å². The van der Waals surface area contributed by atoms with E-state index in [4.69, 9.17) is 0 Å². The Hall–Kier alpha value is -1.61. The fourth-order valence-electron chi connectivity index (χ4n) is 3.79. The average Bonchev–Trinajstić information content (AvgIpc) is 2.82. The number of benzene rings is 1. The van der Waals surface area contributed by atoms with Gasteiger partial charge in [0.2, 0.25) is 5.91 Å². The minimum atomic E-state index is 0.312. The van der Waals surface area contributed by atoms with Gasteiger partial charge in [-0.2, -0.15) is 0 Å². The predicted molar refractivity (Wildman–Crippen MR) is 90.5 cm³/mol. The van der Waals surface area contributed by atoms with Gasteiger partial charge in [0.1, 0.15) is 0 Å². The molecule has 2 atom stereocenters. The van der Waals surface area contributed by atoms with Crippen LogP contribution in [-0.2, 0) is 4.79 Å². The average molecular weight is 298 g/mol. The molecule has 1 aromatic carbocycles. The lowest BCUT2D eigenvalue weighted by molar-refractivity contribution is -0.131. The lowest BCUT2D eigenvalue weighted by Gasteiger charge is -2.27. The van der Waals surface area contributed by atoms with Crippen LogP contribution in [0.15, 0.2) is 36.4 Å². The van der Waals surface area contributed by atoms with Crippen LogP contribution in [0.4, 0.5) is 0 Å². The molecule has 2 saturated heterocycles. The smallest absolute Gasteiger partial charge is 0.222 e. The molecule has 3 heteroatoms. The summed E-state index contributed by atoms with van der Waals surface area (Å²) in [5.74, 6) is 0.312. The maximum atomic E-state index is 12.0. The van der Waals surface area contributed by atoms with Gasteiger partial charge in [0.15, 0.2) is 0 Å². The largest absolute Gasteiger partial charge is 0.341 e. The summed E-state index contributed by atoms with van der Waals surface area (Å²) in [4.78, 5) is 16.7. The number of likely N-dealkylation sites (tertiary alicyclic amines) is 1. The number of rotatable bonds is 4. The zero-order valence-electron chi connectivity index (χ0n) is 13.4. The molecule has 0 aliphatic carbocycles. The van der Waals surface area contributed by atoms with E-state index >= 15 is 0 Å². The molecule has 22 heavy (non-hydrogen) atoms. The highest BCUT2D eigenvalue weighted by molar-refractivity contribution is 5.75. The number of amides is 1. The molecule has 1 amide bonds. The van der Waals surface area contributed by atoms with E-state index in [0.29, 0.717) is 24.4 Å². The van der Waals surface area contributed by atoms with Crippen LogP contribution in [0, 0.1) is 0 Å². The van der Waals surface area contributed by atoms with Gasteiger partial charge in [0.05, 0.1) is 0 Å². The first kappa shape index (κ1) is 15.3. The Bertz CT molecular complexity index is 525. The molecule has 0 spiro atoms. The van der Waals surface area contributed by atoms with Crippen LogP contribution in [-0.4, -0.2) is 47.4 Å². The van der Waals surface area contributed by atoms with Gasteiger partial charge in [0.25, 0.3) is 0 Å². The normalized spacial score (nSPS) is 25.6. The molecule has 2 heterocycles. The van der Waals surface area contributed by atoms with Crippen LogP contribution in [0.2, 0.25) is 0 Å². The number of carbonyl (C=O) groups excluding carboxylic acids is 1. The number of carbonyl (C=O) groups is 1. The molecule has 2 fully saturated rings. The van der Waals surface area contributed by atoms with Crippen molar-refractivity contribution < 1.29 is 4.79 Å². The monoisotopic (exact) mass is 298 g/mol. The summed E-state index contributed by atoms with van der Waals surface area (Å²) in [7, 11) is 0. The molecule has 0 saturated carbocycles. The van der Waals surface area contributed by atoms with Crippen LogP contribution < -0.4 is 0 Å². The van der Waals surface area contributed by atoms with Crippen molar-refractivity contribution in [2.24, 2.45) is 0 Å². The number of hydrogen-bond donors (Lipinski definition) is 0. The molecular formula is C19H26N2O. The van der Waals surface area contributed by atoms with E-state index in [1.54, 1.807) is 0 Å². The summed E-state index contributed by atoms with van der Waals surface area (Å²) in [6.45, 7) is 4.82. The summed E-state index contributed by atoms with van der Waals surface area (Å²) < 4.78 is 0. The van der Waals surface area contributed by atoms with Crippen LogP contribution >= 0.6 is 0 Å². The lowest BCUT2D eigenvalue weighted by Crippen LogP contribution is -2.41. The maximum absolute atomic E-state index is 12.0. The fraction of sp³-hybridized carbons (Fsp3) is 0.526. The Morgan fingerprint density at radius 3 is 2.73 bits per heavy atom. The SMILES string of the molecule is CCC(=O)N1CCC2CCC(C1)N2CC=Cc1ccccc1. The Balaban J connectivity index is 1.62. The van der Waals surface area contributed by atoms with E-state index in [0.717, 1.165) is 26.1 Å². The van der Waals surface area contributed by atoms with Crippen LogP contribution in [0.3, 0.4) is 0 Å². The van der Waals surface area contributed by atoms with Crippen molar-refractivity contribution in [1.29, 1.82) is 0 Å². The topological polar surface area (TPSA) is 23.6 Å². The third kappa shape index (κ3) is 3.41. The first-order valence-corrected chi connectivity index (χ1v) is 8.53. The van der Waals surface area contributed by atoms with E-state index in [9.17, 15) is 4.79 Å². The molecule has 3 rings (SSSR count). The second-order valence-electron chi connectivity index (χ2n) is 6.38. The lowest BCUT2D eigenvalue weighted by atomic mass is 10.1. The zero-order chi connectivity index (χ0) is 15.4. The number of nitrogens with zero attached hydrogens (tertiary/aromatic N) is 2. The van der Waals surface area contributed by atoms with Crippen molar-refractivity contribution in [3.05, 3.63) is 42.0 Å². The molecule has 0 aromatic heterocycles. The van der Waals surface area contributed by atoms with Gasteiger partial charge in [-0.1, -0.05) is 49.4 Å². The third-order valence-corrected chi connectivity index (χ3v) is 5.02. The van der Waals surface area contributed by atoms with E-state index in [1.807, 2.05) is 13.0 Å². The van der Waals surface area contributed by atoms with Gasteiger partial charge in [-0.3, -0.25) is 9.69 Å². The first-order valence-electron chi connectivity index (χ1n) is 8.53. The molecule has 2 aliphatic heterocycles. The maximum Gasteiger partial charge on any atom is 0.222 e. The summed E-state index contributed by atoms with van der Waals surface area (Å²) in [6.07, 6.45) is 8.76. The second kappa shape index (κ2) is 7.10. The van der Waals surface area contributed by atoms with Gasteiger partial charge in [0, 0.05) is 38.1 Å². The Morgan fingerprint density at radius 2 is 1.95 bits per heavy atom. The van der Waals surface area contributed by atoms with Crippen molar-refractivity contribution in [2.75, 3.05) is 19.6 Å². The van der Waals surface area contributed by atoms with Crippen molar-refractivity contribution in [3.63, 3.8) is 0 Å². The van der Waals surface area contributed by atoms with Gasteiger partial charge in [-0.25, -0.2) is 0 Å². The molecule has 0 radical (unpaired) electrons. The van der Waals surface area contributed by atoms with E-state index in [1.165, 1.54) is 18.4 Å². The zero-order valence-corrected chi connectivity index (χ0v) is 13.4. The highest BCUT2D eigenvalue weighted by Crippen LogP contribution is 2.30. The standard InChI is InChI=1S/C19H26N2O/c1-2-19(22)20-14-12-17-10-11-18(15-20)21(17)13-6-9-16-7-4-3-5-8-16/h3-9,17-18H,2,10-15H2,1H3. The summed E-state index contributed by atoms with van der Waals surface area (Å²) in [6, 6.07) is 11.7. The first-order chi connectivity index (χ1) is 10.8. The Morgan fingerprint density at radius 1 is 1.18 bits per heavy atom. The van der Waals surface area contributed by atoms with Crippen molar-refractivity contribution in [2.45, 2.75) is 44.7 Å². The van der Waals surface area contributed by atoms with Gasteiger partial charge in [-0.15, -0.1) is 0 Å². The molecule has 2 bridgehead atoms. The molecule has 2 unspecified atom stereocenters. The second-order valence-corrected chi connectivity index (χ2v) is 6.38. The molecule has 3 nitrogen and oxygen atoms in total.